The molecule has 0 radical (unpaired) electrons. The Bertz CT molecular complexity index is 1400. The summed E-state index contributed by atoms with van der Waals surface area (Å²) >= 11 is 6.04. The van der Waals surface area contributed by atoms with E-state index in [9.17, 15) is 18.0 Å². The van der Waals surface area contributed by atoms with E-state index in [1.165, 1.54) is 18.0 Å². The van der Waals surface area contributed by atoms with Gasteiger partial charge in [0.25, 0.3) is 0 Å². The van der Waals surface area contributed by atoms with Crippen molar-refractivity contribution < 1.29 is 27.5 Å². The van der Waals surface area contributed by atoms with Gasteiger partial charge in [0.15, 0.2) is 11.5 Å². The van der Waals surface area contributed by atoms with E-state index in [1.807, 2.05) is 30.3 Å². The standard InChI is InChI=1S/C27H28ClN3O6S/c1-29-27(33)23(14-19-6-4-3-5-7-19)30(16-20-8-10-21(28)11-9-20)26(32)17-31(38(2,34)35)22-12-13-24-25(15-22)37-18-36-24/h3-13,15,23H,14,16-18H2,1-2H3,(H,29,33)/t23-/m1/s1. The molecule has 200 valence electrons. The Labute approximate surface area is 227 Å². The molecule has 0 spiro atoms. The minimum atomic E-state index is -3.88. The fourth-order valence-electron chi connectivity index (χ4n) is 4.16. The number of sulfonamides is 1. The Balaban J connectivity index is 1.70. The van der Waals surface area contributed by atoms with E-state index in [-0.39, 0.29) is 31.4 Å². The summed E-state index contributed by atoms with van der Waals surface area (Å²) in [5.74, 6) is -0.0490. The number of fused-ring (bicyclic) bond motifs is 1. The first-order chi connectivity index (χ1) is 18.2. The molecule has 9 nitrogen and oxygen atoms in total. The van der Waals surface area contributed by atoms with Crippen LogP contribution in [0, 0.1) is 0 Å². The molecule has 1 heterocycles. The molecule has 0 unspecified atom stereocenters. The zero-order chi connectivity index (χ0) is 27.3. The molecular weight excluding hydrogens is 530 g/mol. The first kappa shape index (κ1) is 27.3. The number of hydrogen-bond acceptors (Lipinski definition) is 6. The Kier molecular flexibility index (Phi) is 8.43. The third-order valence-electron chi connectivity index (χ3n) is 6.11. The highest BCUT2D eigenvalue weighted by Gasteiger charge is 2.33. The molecule has 0 bridgehead atoms. The number of likely N-dealkylation sites (N-methyl/N-ethyl adjacent to an activating group) is 1. The Hall–Kier alpha value is -3.76. The molecular formula is C27H28ClN3O6S. The van der Waals surface area contributed by atoms with Gasteiger partial charge >= 0.3 is 0 Å². The number of hydrogen-bond donors (Lipinski definition) is 1. The Morgan fingerprint density at radius 3 is 2.32 bits per heavy atom. The lowest BCUT2D eigenvalue weighted by Crippen LogP contribution is -2.52. The number of carbonyl (C=O) groups is 2. The van der Waals surface area contributed by atoms with Crippen molar-refractivity contribution in [1.29, 1.82) is 0 Å². The van der Waals surface area contributed by atoms with Crippen LogP contribution in [0.3, 0.4) is 0 Å². The molecule has 0 aromatic heterocycles. The van der Waals surface area contributed by atoms with Gasteiger partial charge in [0.2, 0.25) is 28.6 Å². The summed E-state index contributed by atoms with van der Waals surface area (Å²) in [5, 5.41) is 3.18. The summed E-state index contributed by atoms with van der Waals surface area (Å²) in [7, 11) is -2.38. The molecule has 0 saturated heterocycles. The van der Waals surface area contributed by atoms with Crippen LogP contribution in [0.15, 0.2) is 72.8 Å². The molecule has 38 heavy (non-hydrogen) atoms. The third-order valence-corrected chi connectivity index (χ3v) is 7.50. The van der Waals surface area contributed by atoms with Crippen LogP contribution in [-0.4, -0.2) is 57.8 Å². The average Bonchev–Trinajstić information content (AvgIpc) is 3.37. The van der Waals surface area contributed by atoms with Crippen LogP contribution in [0.2, 0.25) is 5.02 Å². The van der Waals surface area contributed by atoms with Crippen molar-refractivity contribution in [3.8, 4) is 11.5 Å². The van der Waals surface area contributed by atoms with Crippen molar-refractivity contribution >= 4 is 39.1 Å². The topological polar surface area (TPSA) is 105 Å². The zero-order valence-electron chi connectivity index (χ0n) is 21.0. The number of rotatable bonds is 10. The number of benzene rings is 3. The minimum absolute atomic E-state index is 0.0265. The lowest BCUT2D eigenvalue weighted by Gasteiger charge is -2.33. The van der Waals surface area contributed by atoms with E-state index < -0.39 is 28.5 Å². The molecule has 3 aromatic rings. The first-order valence-electron chi connectivity index (χ1n) is 11.8. The number of carbonyl (C=O) groups excluding carboxylic acids is 2. The van der Waals surface area contributed by atoms with Gasteiger partial charge in [-0.15, -0.1) is 0 Å². The van der Waals surface area contributed by atoms with Crippen LogP contribution in [-0.2, 0) is 32.6 Å². The monoisotopic (exact) mass is 557 g/mol. The summed E-state index contributed by atoms with van der Waals surface area (Å²) in [6, 6.07) is 20.0. The van der Waals surface area contributed by atoms with Gasteiger partial charge in [-0.2, -0.15) is 0 Å². The second kappa shape index (κ2) is 11.7. The van der Waals surface area contributed by atoms with E-state index in [1.54, 1.807) is 36.4 Å². The van der Waals surface area contributed by atoms with Crippen molar-refractivity contribution in [2.24, 2.45) is 0 Å². The van der Waals surface area contributed by atoms with Gasteiger partial charge in [-0.3, -0.25) is 13.9 Å². The van der Waals surface area contributed by atoms with Crippen LogP contribution in [0.1, 0.15) is 11.1 Å². The highest BCUT2D eigenvalue weighted by atomic mass is 35.5. The van der Waals surface area contributed by atoms with Crippen molar-refractivity contribution in [3.63, 3.8) is 0 Å². The maximum absolute atomic E-state index is 13.9. The quantitative estimate of drug-likeness (QED) is 0.410. The van der Waals surface area contributed by atoms with Crippen molar-refractivity contribution in [3.05, 3.63) is 88.9 Å². The molecule has 1 aliphatic rings. The smallest absolute Gasteiger partial charge is 0.244 e. The van der Waals surface area contributed by atoms with Gasteiger partial charge in [-0.05, 0) is 35.4 Å². The number of anilines is 1. The second-order valence-corrected chi connectivity index (χ2v) is 11.1. The predicted octanol–water partition coefficient (Wildman–Crippen LogP) is 3.22. The van der Waals surface area contributed by atoms with Crippen LogP contribution in [0.25, 0.3) is 0 Å². The van der Waals surface area contributed by atoms with Gasteiger partial charge in [-0.25, -0.2) is 8.42 Å². The van der Waals surface area contributed by atoms with Gasteiger partial charge in [0.05, 0.1) is 11.9 Å². The maximum atomic E-state index is 13.9. The van der Waals surface area contributed by atoms with Crippen LogP contribution in [0.5, 0.6) is 11.5 Å². The van der Waals surface area contributed by atoms with E-state index in [2.05, 4.69) is 5.32 Å². The molecule has 1 atom stereocenters. The molecule has 3 aromatic carbocycles. The van der Waals surface area contributed by atoms with Gasteiger partial charge < -0.3 is 19.7 Å². The summed E-state index contributed by atoms with van der Waals surface area (Å²) < 4.78 is 37.4. The van der Waals surface area contributed by atoms with Gasteiger partial charge in [0.1, 0.15) is 12.6 Å². The largest absolute Gasteiger partial charge is 0.454 e. The van der Waals surface area contributed by atoms with E-state index in [0.717, 1.165) is 21.7 Å². The van der Waals surface area contributed by atoms with Crippen LogP contribution < -0.4 is 19.1 Å². The Morgan fingerprint density at radius 2 is 1.66 bits per heavy atom. The molecule has 1 aliphatic heterocycles. The van der Waals surface area contributed by atoms with Crippen molar-refractivity contribution in [1.82, 2.24) is 10.2 Å². The zero-order valence-corrected chi connectivity index (χ0v) is 22.5. The maximum Gasteiger partial charge on any atom is 0.244 e. The van der Waals surface area contributed by atoms with Gasteiger partial charge in [-0.1, -0.05) is 54.1 Å². The van der Waals surface area contributed by atoms with Crippen molar-refractivity contribution in [2.75, 3.05) is 30.9 Å². The minimum Gasteiger partial charge on any atom is -0.454 e. The summed E-state index contributed by atoms with van der Waals surface area (Å²) in [6.07, 6.45) is 1.26. The van der Waals surface area contributed by atoms with E-state index in [0.29, 0.717) is 16.5 Å². The highest BCUT2D eigenvalue weighted by molar-refractivity contribution is 7.92. The SMILES string of the molecule is CNC(=O)[C@@H](Cc1ccccc1)N(Cc1ccc(Cl)cc1)C(=O)CN(c1ccc2c(c1)OCO2)S(C)(=O)=O. The van der Waals surface area contributed by atoms with Gasteiger partial charge in [0, 0.05) is 31.1 Å². The molecule has 0 saturated carbocycles. The molecule has 2 amide bonds. The lowest BCUT2D eigenvalue weighted by atomic mass is 10.0. The van der Waals surface area contributed by atoms with Crippen LogP contribution >= 0.6 is 11.6 Å². The highest BCUT2D eigenvalue weighted by Crippen LogP contribution is 2.36. The molecule has 11 heteroatoms. The second-order valence-electron chi connectivity index (χ2n) is 8.78. The van der Waals surface area contributed by atoms with Crippen molar-refractivity contribution in [2.45, 2.75) is 19.0 Å². The predicted molar refractivity (Wildman–Crippen MR) is 145 cm³/mol. The number of nitrogens with one attached hydrogen (secondary N) is 1. The van der Waals surface area contributed by atoms with Crippen LogP contribution in [0.4, 0.5) is 5.69 Å². The lowest BCUT2D eigenvalue weighted by molar-refractivity contribution is -0.139. The van der Waals surface area contributed by atoms with E-state index >= 15 is 0 Å². The fourth-order valence-corrected chi connectivity index (χ4v) is 5.13. The Morgan fingerprint density at radius 1 is 0.974 bits per heavy atom. The summed E-state index contributed by atoms with van der Waals surface area (Å²) in [5.41, 5.74) is 1.83. The summed E-state index contributed by atoms with van der Waals surface area (Å²) in [6.45, 7) is -0.424. The third kappa shape index (κ3) is 6.56. The molecule has 4 rings (SSSR count). The number of amides is 2. The number of nitrogens with zero attached hydrogens (tertiary/aromatic N) is 2. The fraction of sp³-hybridized carbons (Fsp3) is 0.259. The first-order valence-corrected chi connectivity index (χ1v) is 14.0. The number of ether oxygens (including phenoxy) is 2. The number of halogens is 1. The molecule has 0 aliphatic carbocycles. The summed E-state index contributed by atoms with van der Waals surface area (Å²) in [4.78, 5) is 28.4. The molecule has 1 N–H and O–H groups in total. The normalized spacial score (nSPS) is 13.0. The van der Waals surface area contributed by atoms with E-state index in [4.69, 9.17) is 21.1 Å². The molecule has 0 fully saturated rings. The average molecular weight is 558 g/mol.